The molecule has 3 atom stereocenters. The summed E-state index contributed by atoms with van der Waals surface area (Å²) in [5.74, 6) is -2.23. The number of likely N-dealkylation sites (tertiary alicyclic amines) is 1. The molecule has 1 rings (SSSR count). The van der Waals surface area contributed by atoms with Crippen LogP contribution in [0.25, 0.3) is 0 Å². The molecule has 5 N–H and O–H groups in total. The van der Waals surface area contributed by atoms with Crippen LogP contribution in [-0.2, 0) is 14.4 Å². The second-order valence-corrected chi connectivity index (χ2v) is 5.28. The highest BCUT2D eigenvalue weighted by atomic mass is 16.4. The van der Waals surface area contributed by atoms with Crippen LogP contribution in [0.15, 0.2) is 0 Å². The number of nitrogens with two attached hydrogens (primary N) is 1. The van der Waals surface area contributed by atoms with Gasteiger partial charge in [-0.05, 0) is 5.92 Å². The van der Waals surface area contributed by atoms with Crippen molar-refractivity contribution in [2.24, 2.45) is 11.7 Å². The summed E-state index contributed by atoms with van der Waals surface area (Å²) in [6.45, 7) is 3.20. The van der Waals surface area contributed by atoms with E-state index in [-0.39, 0.29) is 25.4 Å². The van der Waals surface area contributed by atoms with Crippen molar-refractivity contribution in [3.05, 3.63) is 0 Å². The van der Waals surface area contributed by atoms with E-state index in [9.17, 15) is 19.5 Å². The number of nitrogens with zero attached hydrogens (tertiary/aromatic N) is 1. The molecule has 0 aromatic heterocycles. The minimum atomic E-state index is -1.17. The summed E-state index contributed by atoms with van der Waals surface area (Å²) in [5.41, 5.74) is 5.63. The Morgan fingerprint density at radius 3 is 2.50 bits per heavy atom. The van der Waals surface area contributed by atoms with Gasteiger partial charge in [-0.15, -0.1) is 0 Å². The molecule has 1 heterocycles. The minimum Gasteiger partial charge on any atom is -0.480 e. The maximum absolute atomic E-state index is 11.9. The van der Waals surface area contributed by atoms with E-state index in [0.29, 0.717) is 0 Å². The Kier molecular flexibility index (Phi) is 5.46. The molecule has 8 heteroatoms. The minimum absolute atomic E-state index is 0.000524. The van der Waals surface area contributed by atoms with Crippen molar-refractivity contribution in [2.75, 3.05) is 13.1 Å². The maximum atomic E-state index is 11.9. The quantitative estimate of drug-likeness (QED) is 0.468. The number of β-amino-alcohol motifs (C(OH)–C–C–N with tert-alkyl or cyclic N) is 1. The summed E-state index contributed by atoms with van der Waals surface area (Å²) in [4.78, 5) is 35.6. The predicted octanol–water partition coefficient (Wildman–Crippen LogP) is -1.87. The topological polar surface area (TPSA) is 133 Å². The van der Waals surface area contributed by atoms with E-state index < -0.39 is 36.0 Å². The Morgan fingerprint density at radius 1 is 1.40 bits per heavy atom. The second-order valence-electron chi connectivity index (χ2n) is 5.28. The zero-order valence-electron chi connectivity index (χ0n) is 11.6. The molecule has 0 bridgehead atoms. The summed E-state index contributed by atoms with van der Waals surface area (Å²) in [6.07, 6.45) is -0.853. The van der Waals surface area contributed by atoms with Crippen LogP contribution in [0.2, 0.25) is 0 Å². The summed E-state index contributed by atoms with van der Waals surface area (Å²) in [6, 6.07) is -1.77. The third-order valence-electron chi connectivity index (χ3n) is 3.32. The number of carbonyl (C=O) groups is 3. The molecular formula is C12H21N3O5. The molecular weight excluding hydrogens is 266 g/mol. The second kappa shape index (κ2) is 6.67. The van der Waals surface area contributed by atoms with E-state index in [2.05, 4.69) is 5.32 Å². The number of carbonyl (C=O) groups excluding carboxylic acids is 2. The van der Waals surface area contributed by atoms with Gasteiger partial charge in [0.15, 0.2) is 0 Å². The lowest BCUT2D eigenvalue weighted by Crippen LogP contribution is -2.49. The van der Waals surface area contributed by atoms with Gasteiger partial charge in [0.25, 0.3) is 0 Å². The Labute approximate surface area is 116 Å². The Balaban J connectivity index is 2.54. The average molecular weight is 287 g/mol. The van der Waals surface area contributed by atoms with E-state index in [0.717, 1.165) is 4.90 Å². The average Bonchev–Trinajstić information content (AvgIpc) is 2.76. The zero-order chi connectivity index (χ0) is 15.4. The first-order valence-corrected chi connectivity index (χ1v) is 6.47. The molecule has 114 valence electrons. The number of nitrogens with one attached hydrogen (secondary N) is 1. The predicted molar refractivity (Wildman–Crippen MR) is 69.6 cm³/mol. The lowest BCUT2D eigenvalue weighted by molar-refractivity contribution is -0.148. The molecule has 20 heavy (non-hydrogen) atoms. The van der Waals surface area contributed by atoms with Gasteiger partial charge in [-0.25, -0.2) is 4.79 Å². The van der Waals surface area contributed by atoms with Gasteiger partial charge in [0.2, 0.25) is 11.8 Å². The third-order valence-corrected chi connectivity index (χ3v) is 3.32. The number of aliphatic hydroxyl groups excluding tert-OH is 1. The van der Waals surface area contributed by atoms with E-state index in [4.69, 9.17) is 10.8 Å². The van der Waals surface area contributed by atoms with Crippen molar-refractivity contribution in [1.82, 2.24) is 10.2 Å². The highest BCUT2D eigenvalue weighted by Crippen LogP contribution is 2.18. The van der Waals surface area contributed by atoms with Gasteiger partial charge in [0, 0.05) is 13.0 Å². The summed E-state index contributed by atoms with van der Waals surface area (Å²) in [5, 5.41) is 20.8. The number of aliphatic hydroxyl groups is 1. The molecule has 1 saturated heterocycles. The van der Waals surface area contributed by atoms with Gasteiger partial charge in [0.1, 0.15) is 6.04 Å². The Hall–Kier alpha value is -1.67. The highest BCUT2D eigenvalue weighted by molar-refractivity contribution is 5.90. The molecule has 0 aliphatic carbocycles. The Bertz CT molecular complexity index is 399. The van der Waals surface area contributed by atoms with Crippen molar-refractivity contribution in [2.45, 2.75) is 38.5 Å². The molecule has 0 radical (unpaired) electrons. The van der Waals surface area contributed by atoms with Gasteiger partial charge < -0.3 is 26.2 Å². The van der Waals surface area contributed by atoms with Crippen LogP contribution in [0, 0.1) is 5.92 Å². The van der Waals surface area contributed by atoms with Gasteiger partial charge in [-0.2, -0.15) is 0 Å². The number of hydrogen-bond donors (Lipinski definition) is 4. The SMILES string of the molecule is CC(C)[C@H](N)C(=O)NCC(=O)N1CC(O)C[C@H]1C(=O)O. The molecule has 1 aliphatic heterocycles. The fraction of sp³-hybridized carbons (Fsp3) is 0.750. The van der Waals surface area contributed by atoms with Crippen molar-refractivity contribution >= 4 is 17.8 Å². The van der Waals surface area contributed by atoms with Crippen LogP contribution in [0.3, 0.4) is 0 Å². The van der Waals surface area contributed by atoms with E-state index in [1.165, 1.54) is 0 Å². The molecule has 1 unspecified atom stereocenters. The number of hydrogen-bond acceptors (Lipinski definition) is 5. The van der Waals surface area contributed by atoms with Crippen LogP contribution < -0.4 is 11.1 Å². The molecule has 0 aromatic carbocycles. The molecule has 1 aliphatic rings. The van der Waals surface area contributed by atoms with Crippen LogP contribution in [0.1, 0.15) is 20.3 Å². The highest BCUT2D eigenvalue weighted by Gasteiger charge is 2.38. The lowest BCUT2D eigenvalue weighted by atomic mass is 10.1. The summed E-state index contributed by atoms with van der Waals surface area (Å²) < 4.78 is 0. The Morgan fingerprint density at radius 2 is 2.00 bits per heavy atom. The number of aliphatic carboxylic acids is 1. The van der Waals surface area contributed by atoms with Crippen molar-refractivity contribution in [3.63, 3.8) is 0 Å². The molecule has 0 spiro atoms. The fourth-order valence-corrected chi connectivity index (χ4v) is 2.01. The van der Waals surface area contributed by atoms with E-state index >= 15 is 0 Å². The molecule has 0 saturated carbocycles. The van der Waals surface area contributed by atoms with Gasteiger partial charge in [0.05, 0.1) is 18.7 Å². The normalized spacial score (nSPS) is 23.8. The standard InChI is InChI=1S/C12H21N3O5/c1-6(2)10(13)11(18)14-4-9(17)15-5-7(16)3-8(15)12(19)20/h6-8,10,16H,3-5,13H2,1-2H3,(H,14,18)(H,19,20)/t7?,8-,10-/m0/s1. The number of rotatable bonds is 5. The van der Waals surface area contributed by atoms with Crippen LogP contribution in [-0.4, -0.2) is 64.2 Å². The molecule has 0 aromatic rings. The van der Waals surface area contributed by atoms with Crippen LogP contribution >= 0.6 is 0 Å². The molecule has 1 fully saturated rings. The molecule has 8 nitrogen and oxygen atoms in total. The smallest absolute Gasteiger partial charge is 0.326 e. The molecule has 2 amide bonds. The number of carboxylic acids is 1. The third kappa shape index (κ3) is 3.91. The number of carboxylic acid groups (broad SMARTS) is 1. The first-order chi connectivity index (χ1) is 9.23. The van der Waals surface area contributed by atoms with Gasteiger partial charge >= 0.3 is 5.97 Å². The maximum Gasteiger partial charge on any atom is 0.326 e. The monoisotopic (exact) mass is 287 g/mol. The summed E-state index contributed by atoms with van der Waals surface area (Å²) in [7, 11) is 0. The van der Waals surface area contributed by atoms with Crippen molar-refractivity contribution in [3.8, 4) is 0 Å². The summed E-state index contributed by atoms with van der Waals surface area (Å²) >= 11 is 0. The first-order valence-electron chi connectivity index (χ1n) is 6.47. The lowest BCUT2D eigenvalue weighted by Gasteiger charge is -2.22. The van der Waals surface area contributed by atoms with Gasteiger partial charge in [-0.3, -0.25) is 9.59 Å². The van der Waals surface area contributed by atoms with Crippen LogP contribution in [0.5, 0.6) is 0 Å². The van der Waals surface area contributed by atoms with Crippen molar-refractivity contribution in [1.29, 1.82) is 0 Å². The van der Waals surface area contributed by atoms with Crippen LogP contribution in [0.4, 0.5) is 0 Å². The van der Waals surface area contributed by atoms with E-state index in [1.54, 1.807) is 13.8 Å². The van der Waals surface area contributed by atoms with Gasteiger partial charge in [-0.1, -0.05) is 13.8 Å². The van der Waals surface area contributed by atoms with Crippen molar-refractivity contribution < 1.29 is 24.6 Å². The first kappa shape index (κ1) is 16.4. The van der Waals surface area contributed by atoms with E-state index in [1.807, 2.05) is 0 Å². The number of amides is 2. The largest absolute Gasteiger partial charge is 0.480 e. The fourth-order valence-electron chi connectivity index (χ4n) is 2.01. The zero-order valence-corrected chi connectivity index (χ0v) is 11.6.